The topological polar surface area (TPSA) is 29.1 Å². The fourth-order valence-corrected chi connectivity index (χ4v) is 4.68. The molecule has 2 rings (SSSR count). The number of amides is 1. The van der Waals surface area contributed by atoms with Crippen molar-refractivity contribution in [3.8, 4) is 0 Å². The lowest BCUT2D eigenvalue weighted by molar-refractivity contribution is -0.121. The number of carbonyl (C=O) groups is 1. The molecule has 1 N–H and O–H groups in total. The van der Waals surface area contributed by atoms with Crippen molar-refractivity contribution in [1.82, 2.24) is 0 Å². The highest BCUT2D eigenvalue weighted by Crippen LogP contribution is 2.32. The molecule has 1 atom stereocenters. The summed E-state index contributed by atoms with van der Waals surface area (Å²) in [7, 11) is 0. The fourth-order valence-electron chi connectivity index (χ4n) is 3.85. The van der Waals surface area contributed by atoms with Crippen LogP contribution in [0.5, 0.6) is 0 Å². The molecule has 1 unspecified atom stereocenters. The highest BCUT2D eigenvalue weighted by Gasteiger charge is 2.25. The van der Waals surface area contributed by atoms with E-state index in [1.165, 1.54) is 50.5 Å². The van der Waals surface area contributed by atoms with Crippen LogP contribution >= 0.6 is 15.9 Å². The van der Waals surface area contributed by atoms with Crippen LogP contribution in [0.4, 0.5) is 5.69 Å². The van der Waals surface area contributed by atoms with Gasteiger partial charge in [-0.25, -0.2) is 0 Å². The van der Waals surface area contributed by atoms with Crippen LogP contribution in [0.25, 0.3) is 0 Å². The molecule has 1 aromatic rings. The normalized spacial score (nSPS) is 21.7. The van der Waals surface area contributed by atoms with E-state index in [4.69, 9.17) is 0 Å². The molecular formula is C22H34BrNO. The smallest absolute Gasteiger partial charge is 0.227 e. The van der Waals surface area contributed by atoms with E-state index in [-0.39, 0.29) is 11.8 Å². The lowest BCUT2D eigenvalue weighted by Gasteiger charge is -2.27. The second-order valence-corrected chi connectivity index (χ2v) is 8.93. The summed E-state index contributed by atoms with van der Waals surface area (Å²) in [5.74, 6) is 1.27. The maximum atomic E-state index is 12.5. The Hall–Kier alpha value is -0.830. The number of alkyl halides is 1. The van der Waals surface area contributed by atoms with E-state index in [1.54, 1.807) is 0 Å². The number of benzene rings is 1. The van der Waals surface area contributed by atoms with Crippen molar-refractivity contribution in [2.45, 2.75) is 82.9 Å². The molecule has 25 heavy (non-hydrogen) atoms. The predicted octanol–water partition coefficient (Wildman–Crippen LogP) is 6.73. The maximum absolute atomic E-state index is 12.5. The summed E-state index contributed by atoms with van der Waals surface area (Å²) in [6.45, 7) is 4.47. The highest BCUT2D eigenvalue weighted by atomic mass is 79.9. The fraction of sp³-hybridized carbons (Fsp3) is 0.682. The number of hydrogen-bond acceptors (Lipinski definition) is 1. The number of unbranched alkanes of at least 4 members (excludes halogenated alkanes) is 1. The third kappa shape index (κ3) is 7.13. The molecule has 140 valence electrons. The van der Waals surface area contributed by atoms with Crippen molar-refractivity contribution in [2.75, 3.05) is 5.32 Å². The van der Waals surface area contributed by atoms with Gasteiger partial charge < -0.3 is 5.32 Å². The van der Waals surface area contributed by atoms with Gasteiger partial charge in [0.2, 0.25) is 5.91 Å². The second-order valence-electron chi connectivity index (χ2n) is 7.64. The van der Waals surface area contributed by atoms with Gasteiger partial charge in [-0.15, -0.1) is 0 Å². The maximum Gasteiger partial charge on any atom is 0.227 e. The first-order valence-corrected chi connectivity index (χ1v) is 11.1. The SMILES string of the molecule is CCCCC1CCC(C(=O)Nc2ccc(CC(Br)CCC)cc2)CC1. The van der Waals surface area contributed by atoms with Crippen LogP contribution in [0.3, 0.4) is 0 Å². The van der Waals surface area contributed by atoms with Gasteiger partial charge in [0.25, 0.3) is 0 Å². The van der Waals surface area contributed by atoms with E-state index < -0.39 is 0 Å². The molecular weight excluding hydrogens is 374 g/mol. The van der Waals surface area contributed by atoms with Gasteiger partial charge in [0.05, 0.1) is 0 Å². The quantitative estimate of drug-likeness (QED) is 0.451. The number of halogens is 1. The zero-order valence-electron chi connectivity index (χ0n) is 15.9. The largest absolute Gasteiger partial charge is 0.326 e. The third-order valence-corrected chi connectivity index (χ3v) is 6.25. The Morgan fingerprint density at radius 2 is 1.80 bits per heavy atom. The minimum absolute atomic E-state index is 0.203. The van der Waals surface area contributed by atoms with Crippen LogP contribution < -0.4 is 5.32 Å². The van der Waals surface area contributed by atoms with Crippen LogP contribution in [0.2, 0.25) is 0 Å². The van der Waals surface area contributed by atoms with Gasteiger partial charge in [0.15, 0.2) is 0 Å². The van der Waals surface area contributed by atoms with Crippen molar-refractivity contribution in [1.29, 1.82) is 0 Å². The molecule has 2 nitrogen and oxygen atoms in total. The van der Waals surface area contributed by atoms with Gasteiger partial charge in [-0.3, -0.25) is 4.79 Å². The van der Waals surface area contributed by atoms with Crippen LogP contribution in [0.15, 0.2) is 24.3 Å². The Labute approximate surface area is 162 Å². The van der Waals surface area contributed by atoms with Gasteiger partial charge >= 0.3 is 0 Å². The molecule has 3 heteroatoms. The first-order valence-electron chi connectivity index (χ1n) is 10.2. The zero-order valence-corrected chi connectivity index (χ0v) is 17.5. The lowest BCUT2D eigenvalue weighted by atomic mass is 9.79. The standard InChI is InChI=1S/C22H34BrNO/c1-3-5-7-17-8-12-19(13-9-17)22(25)24-21-14-10-18(11-15-21)16-20(23)6-4-2/h10-11,14-15,17,19-20H,3-9,12-13,16H2,1-2H3,(H,24,25). The van der Waals surface area contributed by atoms with Gasteiger partial charge in [-0.2, -0.15) is 0 Å². The van der Waals surface area contributed by atoms with Crippen LogP contribution in [-0.2, 0) is 11.2 Å². The highest BCUT2D eigenvalue weighted by molar-refractivity contribution is 9.09. The van der Waals surface area contributed by atoms with Crippen LogP contribution in [-0.4, -0.2) is 10.7 Å². The number of nitrogens with one attached hydrogen (secondary N) is 1. The summed E-state index contributed by atoms with van der Waals surface area (Å²) in [6, 6.07) is 8.37. The summed E-state index contributed by atoms with van der Waals surface area (Å²) in [5.41, 5.74) is 2.26. The summed E-state index contributed by atoms with van der Waals surface area (Å²) < 4.78 is 0. The van der Waals surface area contributed by atoms with Gasteiger partial charge in [-0.05, 0) is 62.1 Å². The molecule has 0 bridgehead atoms. The number of carbonyl (C=O) groups excluding carboxylic acids is 1. The Balaban J connectivity index is 1.77. The molecule has 0 heterocycles. The summed E-state index contributed by atoms with van der Waals surface area (Å²) in [5, 5.41) is 3.12. The summed E-state index contributed by atoms with van der Waals surface area (Å²) in [4.78, 5) is 13.1. The Morgan fingerprint density at radius 1 is 1.12 bits per heavy atom. The van der Waals surface area contributed by atoms with Gasteiger partial charge in [0.1, 0.15) is 0 Å². The van der Waals surface area contributed by atoms with Crippen LogP contribution in [0.1, 0.15) is 77.2 Å². The van der Waals surface area contributed by atoms with Crippen LogP contribution in [0, 0.1) is 11.8 Å². The third-order valence-electron chi connectivity index (χ3n) is 5.46. The van der Waals surface area contributed by atoms with Gasteiger partial charge in [0, 0.05) is 16.4 Å². The van der Waals surface area contributed by atoms with Crippen molar-refractivity contribution in [3.05, 3.63) is 29.8 Å². The first-order chi connectivity index (χ1) is 12.1. The zero-order chi connectivity index (χ0) is 18.1. The molecule has 0 aromatic heterocycles. The average Bonchev–Trinajstić information content (AvgIpc) is 2.62. The lowest BCUT2D eigenvalue weighted by Crippen LogP contribution is -2.27. The molecule has 0 saturated heterocycles. The molecule has 1 saturated carbocycles. The van der Waals surface area contributed by atoms with E-state index in [9.17, 15) is 4.79 Å². The minimum atomic E-state index is 0.203. The molecule has 1 fully saturated rings. The predicted molar refractivity (Wildman–Crippen MR) is 111 cm³/mol. The molecule has 0 aliphatic heterocycles. The first kappa shape index (κ1) is 20.5. The second kappa shape index (κ2) is 11.0. The van der Waals surface area contributed by atoms with Gasteiger partial charge in [-0.1, -0.05) is 67.6 Å². The van der Waals surface area contributed by atoms with E-state index in [1.807, 2.05) is 12.1 Å². The number of rotatable bonds is 9. The van der Waals surface area contributed by atoms with E-state index in [0.717, 1.165) is 30.9 Å². The Morgan fingerprint density at radius 3 is 2.40 bits per heavy atom. The van der Waals surface area contributed by atoms with E-state index in [0.29, 0.717) is 4.83 Å². The Kier molecular flexibility index (Phi) is 9.02. The van der Waals surface area contributed by atoms with Crippen molar-refractivity contribution in [3.63, 3.8) is 0 Å². The van der Waals surface area contributed by atoms with Crippen molar-refractivity contribution >= 4 is 27.5 Å². The Bertz CT molecular complexity index is 505. The van der Waals surface area contributed by atoms with E-state index in [2.05, 4.69) is 47.2 Å². The monoisotopic (exact) mass is 407 g/mol. The summed E-state index contributed by atoms with van der Waals surface area (Å²) >= 11 is 3.74. The average molecular weight is 408 g/mol. The number of hydrogen-bond donors (Lipinski definition) is 1. The van der Waals surface area contributed by atoms with E-state index >= 15 is 0 Å². The molecule has 1 aliphatic rings. The molecule has 1 amide bonds. The molecule has 1 aliphatic carbocycles. The minimum Gasteiger partial charge on any atom is -0.326 e. The molecule has 1 aromatic carbocycles. The number of anilines is 1. The van der Waals surface area contributed by atoms with Crippen molar-refractivity contribution in [2.24, 2.45) is 11.8 Å². The molecule has 0 radical (unpaired) electrons. The molecule has 0 spiro atoms. The summed E-state index contributed by atoms with van der Waals surface area (Å²) in [6.07, 6.45) is 12.0. The van der Waals surface area contributed by atoms with Crippen molar-refractivity contribution < 1.29 is 4.79 Å².